The van der Waals surface area contributed by atoms with Crippen LogP contribution in [0.4, 0.5) is 9.18 Å². The van der Waals surface area contributed by atoms with Crippen molar-refractivity contribution >= 4 is 17.8 Å². The van der Waals surface area contributed by atoms with Gasteiger partial charge in [-0.25, -0.2) is 14.1 Å². The van der Waals surface area contributed by atoms with Gasteiger partial charge in [-0.05, 0) is 30.2 Å². The summed E-state index contributed by atoms with van der Waals surface area (Å²) in [6.07, 6.45) is 0. The standard InChI is InChI=1S/C18H15FN2O3/c1-12(14-7-3-2-4-8-14)21-17(23)16(22)20(18(21)24)11-13-6-5-9-15(19)10-13/h2-10,12H,11H2,1H3/t12-/m1/s1. The maximum atomic E-state index is 13.3. The first kappa shape index (κ1) is 15.9. The predicted octanol–water partition coefficient (Wildman–Crippen LogP) is 2.88. The molecule has 1 fully saturated rings. The van der Waals surface area contributed by atoms with Gasteiger partial charge in [0, 0.05) is 0 Å². The van der Waals surface area contributed by atoms with Gasteiger partial charge in [-0.3, -0.25) is 14.5 Å². The summed E-state index contributed by atoms with van der Waals surface area (Å²) in [6.45, 7) is 1.54. The lowest BCUT2D eigenvalue weighted by Crippen LogP contribution is -2.35. The Morgan fingerprint density at radius 2 is 1.67 bits per heavy atom. The second kappa shape index (κ2) is 6.23. The highest BCUT2D eigenvalue weighted by Gasteiger charge is 2.46. The molecule has 1 aliphatic heterocycles. The summed E-state index contributed by atoms with van der Waals surface area (Å²) in [5.74, 6) is -2.23. The number of hydrogen-bond acceptors (Lipinski definition) is 3. The first-order valence-electron chi connectivity index (χ1n) is 7.47. The van der Waals surface area contributed by atoms with Crippen molar-refractivity contribution in [3.63, 3.8) is 0 Å². The van der Waals surface area contributed by atoms with Crippen molar-refractivity contribution < 1.29 is 18.8 Å². The molecule has 0 N–H and O–H groups in total. The van der Waals surface area contributed by atoms with E-state index in [4.69, 9.17) is 0 Å². The molecule has 2 aromatic rings. The number of nitrogens with zero attached hydrogens (tertiary/aromatic N) is 2. The third-order valence-corrected chi connectivity index (χ3v) is 3.98. The zero-order valence-electron chi connectivity index (χ0n) is 13.0. The van der Waals surface area contributed by atoms with Gasteiger partial charge in [0.25, 0.3) is 0 Å². The maximum absolute atomic E-state index is 13.3. The van der Waals surface area contributed by atoms with E-state index in [9.17, 15) is 18.8 Å². The molecule has 5 nitrogen and oxygen atoms in total. The molecular formula is C18H15FN2O3. The highest BCUT2D eigenvalue weighted by Crippen LogP contribution is 2.27. The fourth-order valence-corrected chi connectivity index (χ4v) is 2.70. The van der Waals surface area contributed by atoms with Crippen LogP contribution in [0, 0.1) is 5.82 Å². The Morgan fingerprint density at radius 3 is 2.33 bits per heavy atom. The number of hydrogen-bond donors (Lipinski definition) is 0. The number of halogens is 1. The van der Waals surface area contributed by atoms with E-state index < -0.39 is 29.7 Å². The molecule has 0 saturated carbocycles. The van der Waals surface area contributed by atoms with Crippen molar-refractivity contribution in [3.8, 4) is 0 Å². The molecule has 0 bridgehead atoms. The van der Waals surface area contributed by atoms with Crippen molar-refractivity contribution in [2.24, 2.45) is 0 Å². The number of carbonyl (C=O) groups excluding carboxylic acids is 3. The molecule has 1 heterocycles. The topological polar surface area (TPSA) is 57.7 Å². The minimum atomic E-state index is -0.896. The number of carbonyl (C=O) groups is 3. The van der Waals surface area contributed by atoms with Crippen LogP contribution in [0.25, 0.3) is 0 Å². The van der Waals surface area contributed by atoms with Crippen LogP contribution in [0.2, 0.25) is 0 Å². The first-order valence-corrected chi connectivity index (χ1v) is 7.47. The van der Waals surface area contributed by atoms with Crippen LogP contribution in [0.3, 0.4) is 0 Å². The highest BCUT2D eigenvalue weighted by molar-refractivity contribution is 6.44. The van der Waals surface area contributed by atoms with Gasteiger partial charge < -0.3 is 0 Å². The third kappa shape index (κ3) is 2.78. The van der Waals surface area contributed by atoms with Gasteiger partial charge >= 0.3 is 17.8 Å². The van der Waals surface area contributed by atoms with Crippen LogP contribution in [-0.4, -0.2) is 27.6 Å². The molecule has 1 saturated heterocycles. The molecule has 0 aliphatic carbocycles. The van der Waals surface area contributed by atoms with E-state index in [2.05, 4.69) is 0 Å². The Morgan fingerprint density at radius 1 is 0.958 bits per heavy atom. The van der Waals surface area contributed by atoms with Crippen LogP contribution in [0.5, 0.6) is 0 Å². The Hall–Kier alpha value is -3.02. The van der Waals surface area contributed by atoms with E-state index in [1.54, 1.807) is 37.3 Å². The average Bonchev–Trinajstić information content (AvgIpc) is 2.79. The lowest BCUT2D eigenvalue weighted by Gasteiger charge is -2.22. The fourth-order valence-electron chi connectivity index (χ4n) is 2.70. The Kier molecular flexibility index (Phi) is 4.12. The molecule has 0 spiro atoms. The molecule has 1 atom stereocenters. The molecule has 24 heavy (non-hydrogen) atoms. The van der Waals surface area contributed by atoms with Crippen molar-refractivity contribution in [1.82, 2.24) is 9.80 Å². The molecule has 3 rings (SSSR count). The van der Waals surface area contributed by atoms with E-state index in [1.807, 2.05) is 6.07 Å². The largest absolute Gasteiger partial charge is 0.335 e. The van der Waals surface area contributed by atoms with E-state index in [1.165, 1.54) is 18.2 Å². The number of benzene rings is 2. The highest BCUT2D eigenvalue weighted by atomic mass is 19.1. The summed E-state index contributed by atoms with van der Waals surface area (Å²) in [7, 11) is 0. The molecule has 4 amide bonds. The van der Waals surface area contributed by atoms with Gasteiger partial charge in [0.15, 0.2) is 0 Å². The molecule has 6 heteroatoms. The van der Waals surface area contributed by atoms with Crippen molar-refractivity contribution in [2.45, 2.75) is 19.5 Å². The SMILES string of the molecule is C[C@H](c1ccccc1)N1C(=O)C(=O)N(Cc2cccc(F)c2)C1=O. The van der Waals surface area contributed by atoms with Gasteiger partial charge in [0.2, 0.25) is 0 Å². The van der Waals surface area contributed by atoms with Crippen LogP contribution < -0.4 is 0 Å². The van der Waals surface area contributed by atoms with Crippen LogP contribution in [0.15, 0.2) is 54.6 Å². The lowest BCUT2D eigenvalue weighted by atomic mass is 10.1. The predicted molar refractivity (Wildman–Crippen MR) is 84.0 cm³/mol. The smallest absolute Gasteiger partial charge is 0.263 e. The van der Waals surface area contributed by atoms with Gasteiger partial charge in [0.1, 0.15) is 5.82 Å². The fraction of sp³-hybridized carbons (Fsp3) is 0.167. The van der Waals surface area contributed by atoms with E-state index in [0.717, 1.165) is 15.4 Å². The summed E-state index contributed by atoms with van der Waals surface area (Å²) in [6, 6.07) is 13.3. The molecule has 0 radical (unpaired) electrons. The second-order valence-corrected chi connectivity index (χ2v) is 5.57. The Balaban J connectivity index is 1.85. The average molecular weight is 326 g/mol. The van der Waals surface area contributed by atoms with Crippen molar-refractivity contribution in [1.29, 1.82) is 0 Å². The zero-order chi connectivity index (χ0) is 17.3. The molecule has 122 valence electrons. The van der Waals surface area contributed by atoms with Crippen LogP contribution >= 0.6 is 0 Å². The first-order chi connectivity index (χ1) is 11.5. The minimum Gasteiger partial charge on any atom is -0.263 e. The van der Waals surface area contributed by atoms with Gasteiger partial charge in [0.05, 0.1) is 12.6 Å². The number of amides is 4. The molecule has 0 aromatic heterocycles. The third-order valence-electron chi connectivity index (χ3n) is 3.98. The van der Waals surface area contributed by atoms with Gasteiger partial charge in [-0.15, -0.1) is 0 Å². The van der Waals surface area contributed by atoms with Gasteiger partial charge in [-0.2, -0.15) is 0 Å². The van der Waals surface area contributed by atoms with E-state index >= 15 is 0 Å². The summed E-state index contributed by atoms with van der Waals surface area (Å²) in [5.41, 5.74) is 1.19. The number of imide groups is 2. The van der Waals surface area contributed by atoms with Crippen molar-refractivity contribution in [3.05, 3.63) is 71.5 Å². The summed E-state index contributed by atoms with van der Waals surface area (Å²) >= 11 is 0. The Bertz CT molecular complexity index is 807. The monoisotopic (exact) mass is 326 g/mol. The lowest BCUT2D eigenvalue weighted by molar-refractivity contribution is -0.144. The zero-order valence-corrected chi connectivity index (χ0v) is 13.0. The van der Waals surface area contributed by atoms with E-state index in [-0.39, 0.29) is 6.54 Å². The number of rotatable bonds is 4. The minimum absolute atomic E-state index is 0.140. The second-order valence-electron chi connectivity index (χ2n) is 5.57. The molecule has 0 unspecified atom stereocenters. The molecular weight excluding hydrogens is 311 g/mol. The van der Waals surface area contributed by atoms with Crippen LogP contribution in [-0.2, 0) is 16.1 Å². The normalized spacial score (nSPS) is 16.0. The maximum Gasteiger partial charge on any atom is 0.335 e. The molecule has 2 aromatic carbocycles. The Labute approximate surface area is 138 Å². The summed E-state index contributed by atoms with van der Waals surface area (Å²) < 4.78 is 13.3. The summed E-state index contributed by atoms with van der Waals surface area (Å²) in [4.78, 5) is 38.7. The van der Waals surface area contributed by atoms with Crippen molar-refractivity contribution in [2.75, 3.05) is 0 Å². The van der Waals surface area contributed by atoms with E-state index in [0.29, 0.717) is 5.56 Å². The quantitative estimate of drug-likeness (QED) is 0.641. The summed E-state index contributed by atoms with van der Waals surface area (Å²) in [5, 5.41) is 0. The van der Waals surface area contributed by atoms with Gasteiger partial charge in [-0.1, -0.05) is 42.5 Å². The van der Waals surface area contributed by atoms with Crippen LogP contribution in [0.1, 0.15) is 24.1 Å². The number of urea groups is 1. The molecule has 1 aliphatic rings.